The second kappa shape index (κ2) is 8.35. The molecule has 2 aromatic carbocycles. The van der Waals surface area contributed by atoms with Gasteiger partial charge in [0.05, 0.1) is 14.9 Å². The summed E-state index contributed by atoms with van der Waals surface area (Å²) in [6.07, 6.45) is 1.95. The van der Waals surface area contributed by atoms with Crippen molar-refractivity contribution in [2.45, 2.75) is 11.3 Å². The van der Waals surface area contributed by atoms with Gasteiger partial charge in [-0.05, 0) is 36.8 Å². The van der Waals surface area contributed by atoms with Gasteiger partial charge in [-0.15, -0.1) is 0 Å². The number of nitrogens with zero attached hydrogens (tertiary/aromatic N) is 2. The largest absolute Gasteiger partial charge is 0.369 e. The first-order valence-corrected chi connectivity index (χ1v) is 11.2. The second-order valence-corrected chi connectivity index (χ2v) is 9.11. The fraction of sp³-hybridized carbons (Fsp3) is 0.158. The smallest absolute Gasteiger partial charge is 0.240 e. The number of benzene rings is 2. The van der Waals surface area contributed by atoms with E-state index in [0.29, 0.717) is 30.0 Å². The third-order valence-corrected chi connectivity index (χ3v) is 6.61. The Morgan fingerprint density at radius 3 is 2.67 bits per heavy atom. The maximum atomic E-state index is 14.6. The van der Waals surface area contributed by atoms with Crippen LogP contribution in [0.1, 0.15) is 6.42 Å². The zero-order valence-electron chi connectivity index (χ0n) is 15.4. The Morgan fingerprint density at radius 1 is 1.03 bits per heavy atom. The molecule has 0 saturated heterocycles. The quantitative estimate of drug-likeness (QED) is 0.458. The molecule has 1 aliphatic rings. The van der Waals surface area contributed by atoms with E-state index in [1.807, 2.05) is 0 Å². The molecule has 0 unspecified atom stereocenters. The first-order valence-electron chi connectivity index (χ1n) is 8.96. The van der Waals surface area contributed by atoms with Crippen LogP contribution in [-0.4, -0.2) is 31.5 Å². The first-order chi connectivity index (χ1) is 14.3. The number of nitrogens with one attached hydrogen (secondary N) is 3. The van der Waals surface area contributed by atoms with Gasteiger partial charge in [-0.3, -0.25) is 0 Å². The van der Waals surface area contributed by atoms with Crippen LogP contribution in [0.4, 0.5) is 21.8 Å². The van der Waals surface area contributed by atoms with Crippen molar-refractivity contribution in [3.63, 3.8) is 0 Å². The van der Waals surface area contributed by atoms with Crippen molar-refractivity contribution in [3.05, 3.63) is 58.5 Å². The van der Waals surface area contributed by atoms with Crippen molar-refractivity contribution in [1.29, 1.82) is 0 Å². The van der Waals surface area contributed by atoms with Crippen LogP contribution in [0, 0.1) is 5.82 Å². The third kappa shape index (κ3) is 4.34. The van der Waals surface area contributed by atoms with Gasteiger partial charge in [-0.1, -0.05) is 29.3 Å². The molecule has 30 heavy (non-hydrogen) atoms. The van der Waals surface area contributed by atoms with Crippen molar-refractivity contribution in [3.8, 4) is 11.1 Å². The molecule has 2 heterocycles. The van der Waals surface area contributed by atoms with Gasteiger partial charge in [0.25, 0.3) is 0 Å². The van der Waals surface area contributed by atoms with Gasteiger partial charge >= 0.3 is 0 Å². The van der Waals surface area contributed by atoms with E-state index < -0.39 is 15.8 Å². The maximum absolute atomic E-state index is 14.6. The molecule has 11 heteroatoms. The number of halogens is 3. The van der Waals surface area contributed by atoms with Crippen LogP contribution in [0.3, 0.4) is 0 Å². The van der Waals surface area contributed by atoms with Gasteiger partial charge in [0.15, 0.2) is 0 Å². The van der Waals surface area contributed by atoms with Gasteiger partial charge in [-0.2, -0.15) is 4.98 Å². The minimum absolute atomic E-state index is 0.109. The topological polar surface area (TPSA) is 96.0 Å². The van der Waals surface area contributed by atoms with E-state index in [0.717, 1.165) is 6.07 Å². The fourth-order valence-electron chi connectivity index (χ4n) is 2.96. The summed E-state index contributed by atoms with van der Waals surface area (Å²) in [6.45, 7) is 0.619. The second-order valence-electron chi connectivity index (χ2n) is 6.53. The SMILES string of the molecule is O=S1(=O)NCCCNc2nc(ncc2-c2cc(Cl)c(Cl)cc2F)Nc2cccc1c2. The van der Waals surface area contributed by atoms with Crippen LogP contribution in [-0.2, 0) is 10.0 Å². The van der Waals surface area contributed by atoms with Crippen molar-refractivity contribution < 1.29 is 12.8 Å². The van der Waals surface area contributed by atoms with Crippen LogP contribution in [0.25, 0.3) is 11.1 Å². The monoisotopic (exact) mass is 467 g/mol. The van der Waals surface area contributed by atoms with E-state index in [1.54, 1.807) is 12.1 Å². The molecule has 1 aromatic heterocycles. The summed E-state index contributed by atoms with van der Waals surface area (Å²) in [5, 5.41) is 6.41. The van der Waals surface area contributed by atoms with Gasteiger partial charge in [0, 0.05) is 36.1 Å². The summed E-state index contributed by atoms with van der Waals surface area (Å²) in [5.74, 6) is 0.0432. The highest BCUT2D eigenvalue weighted by Gasteiger charge is 2.18. The highest BCUT2D eigenvalue weighted by molar-refractivity contribution is 7.89. The standard InChI is InChI=1S/C19H16Cl2FN5O2S/c20-15-8-13(17(22)9-16(15)21)14-10-24-19-26-11-3-1-4-12(7-11)30(28,29)25-6-2-5-23-18(14)27-19/h1,3-4,7-10,25H,2,5-6H2,(H2,23,24,26,27). The van der Waals surface area contributed by atoms with E-state index >= 15 is 0 Å². The third-order valence-electron chi connectivity index (χ3n) is 4.43. The lowest BCUT2D eigenvalue weighted by atomic mass is 10.1. The summed E-state index contributed by atoms with van der Waals surface area (Å²) in [7, 11) is -3.64. The molecule has 0 saturated carbocycles. The molecular weight excluding hydrogens is 452 g/mol. The Balaban J connectivity index is 1.78. The van der Waals surface area contributed by atoms with Crippen LogP contribution >= 0.6 is 23.2 Å². The highest BCUT2D eigenvalue weighted by atomic mass is 35.5. The fourth-order valence-corrected chi connectivity index (χ4v) is 4.39. The minimum atomic E-state index is -3.64. The van der Waals surface area contributed by atoms with Crippen LogP contribution < -0.4 is 15.4 Å². The summed E-state index contributed by atoms with van der Waals surface area (Å²) in [6, 6.07) is 8.87. The Labute approximate surface area is 182 Å². The molecule has 3 aromatic rings. The zero-order valence-corrected chi connectivity index (χ0v) is 17.7. The average molecular weight is 468 g/mol. The number of rotatable bonds is 1. The number of aromatic nitrogens is 2. The zero-order chi connectivity index (χ0) is 21.3. The molecule has 0 radical (unpaired) electrons. The summed E-state index contributed by atoms with van der Waals surface area (Å²) in [5.41, 5.74) is 1.10. The molecule has 4 bridgehead atoms. The van der Waals surface area contributed by atoms with E-state index in [1.165, 1.54) is 24.4 Å². The van der Waals surface area contributed by atoms with Crippen molar-refractivity contribution in [1.82, 2.24) is 14.7 Å². The lowest BCUT2D eigenvalue weighted by Gasteiger charge is -2.14. The summed E-state index contributed by atoms with van der Waals surface area (Å²) < 4.78 is 42.0. The molecule has 4 rings (SSSR count). The molecule has 156 valence electrons. The van der Waals surface area contributed by atoms with Crippen molar-refractivity contribution in [2.75, 3.05) is 23.7 Å². The minimum Gasteiger partial charge on any atom is -0.369 e. The molecule has 1 aliphatic heterocycles. The molecule has 0 fully saturated rings. The average Bonchev–Trinajstić information content (AvgIpc) is 2.71. The van der Waals surface area contributed by atoms with Crippen LogP contribution in [0.15, 0.2) is 47.5 Å². The maximum Gasteiger partial charge on any atom is 0.240 e. The normalized spacial score (nSPS) is 15.7. The highest BCUT2D eigenvalue weighted by Crippen LogP contribution is 2.35. The first kappa shape index (κ1) is 20.8. The molecule has 0 spiro atoms. The van der Waals surface area contributed by atoms with Crippen LogP contribution in [0.5, 0.6) is 0 Å². The van der Waals surface area contributed by atoms with Gasteiger partial charge in [0.2, 0.25) is 16.0 Å². The molecular formula is C19H16Cl2FN5O2S. The predicted molar refractivity (Wildman–Crippen MR) is 115 cm³/mol. The van der Waals surface area contributed by atoms with Gasteiger partial charge in [0.1, 0.15) is 11.6 Å². The molecule has 7 nitrogen and oxygen atoms in total. The van der Waals surface area contributed by atoms with Gasteiger partial charge < -0.3 is 10.6 Å². The number of hydrogen-bond donors (Lipinski definition) is 3. The van der Waals surface area contributed by atoms with E-state index in [-0.39, 0.29) is 33.0 Å². The summed E-state index contributed by atoms with van der Waals surface area (Å²) in [4.78, 5) is 8.83. The number of fused-ring (bicyclic) bond motifs is 4. The predicted octanol–water partition coefficient (Wildman–Crippen LogP) is 4.43. The Kier molecular flexibility index (Phi) is 5.79. The van der Waals surface area contributed by atoms with Crippen molar-refractivity contribution in [2.24, 2.45) is 0 Å². The van der Waals surface area contributed by atoms with Crippen LogP contribution in [0.2, 0.25) is 10.0 Å². The molecule has 3 N–H and O–H groups in total. The number of hydrogen-bond acceptors (Lipinski definition) is 6. The molecule has 0 amide bonds. The van der Waals surface area contributed by atoms with E-state index in [2.05, 4.69) is 25.3 Å². The van der Waals surface area contributed by atoms with Gasteiger partial charge in [-0.25, -0.2) is 22.5 Å². The number of sulfonamides is 1. The van der Waals surface area contributed by atoms with E-state index in [9.17, 15) is 12.8 Å². The van der Waals surface area contributed by atoms with E-state index in [4.69, 9.17) is 23.2 Å². The molecule has 0 aliphatic carbocycles. The molecule has 0 atom stereocenters. The lowest BCUT2D eigenvalue weighted by molar-refractivity contribution is 0.580. The lowest BCUT2D eigenvalue weighted by Crippen LogP contribution is -2.26. The number of anilines is 3. The Bertz CT molecular complexity index is 1220. The van der Waals surface area contributed by atoms with Crippen molar-refractivity contribution >= 4 is 50.7 Å². The summed E-state index contributed by atoms with van der Waals surface area (Å²) >= 11 is 12.0. The Morgan fingerprint density at radius 2 is 1.83 bits per heavy atom. The Hall–Kier alpha value is -2.46.